The van der Waals surface area contributed by atoms with Gasteiger partial charge in [0.15, 0.2) is 0 Å². The first-order chi connectivity index (χ1) is 7.13. The van der Waals surface area contributed by atoms with Crippen molar-refractivity contribution < 1.29 is 4.39 Å². The summed E-state index contributed by atoms with van der Waals surface area (Å²) in [6, 6.07) is 2.92. The van der Waals surface area contributed by atoms with Gasteiger partial charge in [0.1, 0.15) is 11.6 Å². The van der Waals surface area contributed by atoms with Gasteiger partial charge in [0.25, 0.3) is 0 Å². The van der Waals surface area contributed by atoms with Crippen molar-refractivity contribution in [3.8, 4) is 0 Å². The van der Waals surface area contributed by atoms with Crippen molar-refractivity contribution in [2.24, 2.45) is 7.05 Å². The summed E-state index contributed by atoms with van der Waals surface area (Å²) >= 11 is 11.3. The van der Waals surface area contributed by atoms with E-state index < -0.39 is 5.82 Å². The monoisotopic (exact) mass is 246 g/mol. The van der Waals surface area contributed by atoms with Crippen molar-refractivity contribution in [2.45, 2.75) is 6.42 Å². The third-order valence-corrected chi connectivity index (χ3v) is 2.81. The lowest BCUT2D eigenvalue weighted by Crippen LogP contribution is -1.98. The zero-order valence-corrected chi connectivity index (χ0v) is 9.61. The van der Waals surface area contributed by atoms with Crippen LogP contribution < -0.4 is 0 Å². The molecule has 2 aromatic rings. The zero-order valence-electron chi connectivity index (χ0n) is 8.10. The van der Waals surface area contributed by atoms with Gasteiger partial charge < -0.3 is 4.57 Å². The first kappa shape index (κ1) is 10.7. The van der Waals surface area contributed by atoms with E-state index in [-0.39, 0.29) is 5.02 Å². The van der Waals surface area contributed by atoms with E-state index in [9.17, 15) is 4.39 Å². The van der Waals surface area contributed by atoms with E-state index in [1.54, 1.807) is 6.07 Å². The zero-order chi connectivity index (χ0) is 11.0. The smallest absolute Gasteiger partial charge is 0.144 e. The average Bonchev–Trinajstić information content (AvgIpc) is 2.47. The SMILES string of the molecule is Cn1c(CCCl)nc2cc(F)c(Cl)cc21. The Morgan fingerprint density at radius 2 is 2.20 bits per heavy atom. The van der Waals surface area contributed by atoms with Gasteiger partial charge in [-0.05, 0) is 6.07 Å². The lowest BCUT2D eigenvalue weighted by molar-refractivity contribution is 0.630. The molecular weight excluding hydrogens is 238 g/mol. The molecule has 1 aromatic heterocycles. The molecular formula is C10H9Cl2FN2. The van der Waals surface area contributed by atoms with Gasteiger partial charge in [-0.3, -0.25) is 0 Å². The number of aryl methyl sites for hydroxylation is 2. The summed E-state index contributed by atoms with van der Waals surface area (Å²) in [5.74, 6) is 0.884. The third-order valence-electron chi connectivity index (χ3n) is 2.33. The molecule has 2 rings (SSSR count). The van der Waals surface area contributed by atoms with Crippen molar-refractivity contribution in [3.63, 3.8) is 0 Å². The summed E-state index contributed by atoms with van der Waals surface area (Å²) < 4.78 is 15.0. The minimum Gasteiger partial charge on any atom is -0.331 e. The van der Waals surface area contributed by atoms with E-state index in [2.05, 4.69) is 4.98 Å². The highest BCUT2D eigenvalue weighted by Crippen LogP contribution is 2.23. The van der Waals surface area contributed by atoms with Gasteiger partial charge in [-0.25, -0.2) is 9.37 Å². The van der Waals surface area contributed by atoms with Crippen molar-refractivity contribution in [2.75, 3.05) is 5.88 Å². The topological polar surface area (TPSA) is 17.8 Å². The number of alkyl halides is 1. The summed E-state index contributed by atoms with van der Waals surface area (Å²) in [6.07, 6.45) is 0.659. The predicted octanol–water partition coefficient (Wildman–Crippen LogP) is 3.15. The predicted molar refractivity (Wildman–Crippen MR) is 60.1 cm³/mol. The molecule has 0 aliphatic carbocycles. The van der Waals surface area contributed by atoms with Crippen LogP contribution in [-0.2, 0) is 13.5 Å². The quantitative estimate of drug-likeness (QED) is 0.745. The number of halogens is 3. The first-order valence-corrected chi connectivity index (χ1v) is 5.41. The maximum Gasteiger partial charge on any atom is 0.144 e. The van der Waals surface area contributed by atoms with Crippen LogP contribution in [0, 0.1) is 5.82 Å². The molecule has 0 saturated carbocycles. The Morgan fingerprint density at radius 1 is 1.47 bits per heavy atom. The van der Waals surface area contributed by atoms with Crippen LogP contribution in [0.15, 0.2) is 12.1 Å². The van der Waals surface area contributed by atoms with Gasteiger partial charge in [-0.15, -0.1) is 11.6 Å². The van der Waals surface area contributed by atoms with E-state index in [4.69, 9.17) is 23.2 Å². The van der Waals surface area contributed by atoms with E-state index in [0.717, 1.165) is 11.3 Å². The fourth-order valence-electron chi connectivity index (χ4n) is 1.55. The van der Waals surface area contributed by atoms with Crippen molar-refractivity contribution >= 4 is 34.2 Å². The molecule has 0 amide bonds. The van der Waals surface area contributed by atoms with Crippen molar-refractivity contribution in [1.82, 2.24) is 9.55 Å². The highest BCUT2D eigenvalue weighted by Gasteiger charge is 2.10. The third kappa shape index (κ3) is 1.82. The molecule has 0 unspecified atom stereocenters. The number of imidazole rings is 1. The lowest BCUT2D eigenvalue weighted by Gasteiger charge is -1.99. The van der Waals surface area contributed by atoms with Crippen LogP contribution in [0.5, 0.6) is 0 Å². The van der Waals surface area contributed by atoms with E-state index in [0.29, 0.717) is 17.8 Å². The van der Waals surface area contributed by atoms with E-state index in [1.807, 2.05) is 11.6 Å². The summed E-state index contributed by atoms with van der Waals surface area (Å²) in [5.41, 5.74) is 1.43. The number of aromatic nitrogens is 2. The fraction of sp³-hybridized carbons (Fsp3) is 0.300. The van der Waals surface area contributed by atoms with Gasteiger partial charge in [-0.2, -0.15) is 0 Å². The molecule has 5 heteroatoms. The van der Waals surface area contributed by atoms with E-state index >= 15 is 0 Å². The summed E-state index contributed by atoms with van der Waals surface area (Å²) in [5, 5.41) is 0.114. The van der Waals surface area contributed by atoms with Crippen LogP contribution in [-0.4, -0.2) is 15.4 Å². The highest BCUT2D eigenvalue weighted by molar-refractivity contribution is 6.31. The van der Waals surface area contributed by atoms with Crippen LogP contribution >= 0.6 is 23.2 Å². The Hall–Kier alpha value is -0.800. The molecule has 0 spiro atoms. The number of hydrogen-bond acceptors (Lipinski definition) is 1. The Balaban J connectivity index is 2.66. The van der Waals surface area contributed by atoms with Crippen molar-refractivity contribution in [3.05, 3.63) is 28.8 Å². The molecule has 0 aliphatic rings. The standard InChI is InChI=1S/C10H9Cl2FN2/c1-15-9-4-6(12)7(13)5-8(9)14-10(15)2-3-11/h4-5H,2-3H2,1H3. The van der Waals surface area contributed by atoms with Gasteiger partial charge in [0.05, 0.1) is 16.1 Å². The second-order valence-corrected chi connectivity index (χ2v) is 4.07. The maximum atomic E-state index is 13.2. The fourth-order valence-corrected chi connectivity index (χ4v) is 1.87. The Labute approximate surface area is 96.6 Å². The summed E-state index contributed by atoms with van der Waals surface area (Å²) in [4.78, 5) is 4.28. The molecule has 15 heavy (non-hydrogen) atoms. The normalized spacial score (nSPS) is 11.2. The average molecular weight is 247 g/mol. The molecule has 2 nitrogen and oxygen atoms in total. The Bertz CT molecular complexity index is 508. The molecule has 0 saturated heterocycles. The number of rotatable bonds is 2. The lowest BCUT2D eigenvalue weighted by atomic mass is 10.3. The number of benzene rings is 1. The minimum atomic E-state index is -0.445. The number of fused-ring (bicyclic) bond motifs is 1. The first-order valence-electron chi connectivity index (χ1n) is 4.50. The molecule has 0 radical (unpaired) electrons. The van der Waals surface area contributed by atoms with Crippen LogP contribution in [0.25, 0.3) is 11.0 Å². The Morgan fingerprint density at radius 3 is 2.87 bits per heavy atom. The second kappa shape index (κ2) is 3.99. The Kier molecular flexibility index (Phi) is 2.85. The van der Waals surface area contributed by atoms with Gasteiger partial charge in [-0.1, -0.05) is 11.6 Å². The highest BCUT2D eigenvalue weighted by atomic mass is 35.5. The molecule has 0 atom stereocenters. The second-order valence-electron chi connectivity index (χ2n) is 3.28. The van der Waals surface area contributed by atoms with Crippen LogP contribution in [0.2, 0.25) is 5.02 Å². The molecule has 1 heterocycles. The maximum absolute atomic E-state index is 13.2. The van der Waals surface area contributed by atoms with Crippen molar-refractivity contribution in [1.29, 1.82) is 0 Å². The molecule has 1 aromatic carbocycles. The number of nitrogens with zero attached hydrogens (tertiary/aromatic N) is 2. The molecule has 0 fully saturated rings. The largest absolute Gasteiger partial charge is 0.331 e. The molecule has 0 bridgehead atoms. The van der Waals surface area contributed by atoms with Crippen LogP contribution in [0.4, 0.5) is 4.39 Å². The van der Waals surface area contributed by atoms with Gasteiger partial charge >= 0.3 is 0 Å². The molecule has 0 aliphatic heterocycles. The van der Waals surface area contributed by atoms with E-state index in [1.165, 1.54) is 6.07 Å². The minimum absolute atomic E-state index is 0.114. The van der Waals surface area contributed by atoms with Gasteiger partial charge in [0, 0.05) is 25.4 Å². The summed E-state index contributed by atoms with van der Waals surface area (Å²) in [6.45, 7) is 0. The number of hydrogen-bond donors (Lipinski definition) is 0. The molecule has 0 N–H and O–H groups in total. The van der Waals surface area contributed by atoms with Crippen LogP contribution in [0.1, 0.15) is 5.82 Å². The van der Waals surface area contributed by atoms with Gasteiger partial charge in [0.2, 0.25) is 0 Å². The summed E-state index contributed by atoms with van der Waals surface area (Å²) in [7, 11) is 1.87. The van der Waals surface area contributed by atoms with Crippen LogP contribution in [0.3, 0.4) is 0 Å². The molecule has 80 valence electrons.